The quantitative estimate of drug-likeness (QED) is 0.814. The van der Waals surface area contributed by atoms with E-state index in [4.69, 9.17) is 0 Å². The second-order valence-electron chi connectivity index (χ2n) is 5.41. The molecule has 5 nitrogen and oxygen atoms in total. The van der Waals surface area contributed by atoms with Gasteiger partial charge in [0.1, 0.15) is 18.2 Å². The maximum absolute atomic E-state index is 13.9. The van der Waals surface area contributed by atoms with Crippen molar-refractivity contribution in [2.24, 2.45) is 0 Å². The molecular formula is C17H18F2N2O3S. The minimum absolute atomic E-state index is 0.134. The molecule has 0 atom stereocenters. The third-order valence-corrected chi connectivity index (χ3v) is 4.61. The molecule has 0 radical (unpaired) electrons. The summed E-state index contributed by atoms with van der Waals surface area (Å²) in [5, 5.41) is 2.52. The van der Waals surface area contributed by atoms with Gasteiger partial charge in [-0.1, -0.05) is 30.3 Å². The molecule has 25 heavy (non-hydrogen) atoms. The number of hydrogen-bond donors (Lipinski definition) is 1. The smallest absolute Gasteiger partial charge is 0.240 e. The minimum atomic E-state index is -3.85. The number of carbonyl (C=O) groups is 1. The zero-order chi connectivity index (χ0) is 18.4. The molecule has 8 heteroatoms. The van der Waals surface area contributed by atoms with E-state index < -0.39 is 28.3 Å². The standard InChI is InChI=1S/C17H18F2N2O3S/c1-25(23,24)21(16-9-5-4-8-15(16)19)12-17(22)20-11-10-13-6-2-3-7-14(13)18/h2-9H,10-12H2,1H3,(H,20,22). The zero-order valence-corrected chi connectivity index (χ0v) is 14.4. The molecule has 2 aromatic rings. The number of para-hydroxylation sites is 1. The molecule has 0 fully saturated rings. The largest absolute Gasteiger partial charge is 0.354 e. The lowest BCUT2D eigenvalue weighted by atomic mass is 10.1. The van der Waals surface area contributed by atoms with Crippen LogP contribution in [0.5, 0.6) is 0 Å². The first-order valence-corrected chi connectivity index (χ1v) is 9.36. The van der Waals surface area contributed by atoms with Crippen molar-refractivity contribution in [3.8, 4) is 0 Å². The Morgan fingerprint density at radius 1 is 1.04 bits per heavy atom. The molecule has 1 N–H and O–H groups in total. The van der Waals surface area contributed by atoms with Crippen molar-refractivity contribution in [1.82, 2.24) is 5.32 Å². The van der Waals surface area contributed by atoms with Gasteiger partial charge in [0, 0.05) is 6.54 Å². The van der Waals surface area contributed by atoms with E-state index in [1.165, 1.54) is 24.3 Å². The molecule has 0 aliphatic carbocycles. The van der Waals surface area contributed by atoms with Crippen LogP contribution in [-0.4, -0.2) is 33.7 Å². The maximum Gasteiger partial charge on any atom is 0.240 e. The number of carbonyl (C=O) groups excluding carboxylic acids is 1. The predicted molar refractivity (Wildman–Crippen MR) is 91.7 cm³/mol. The first-order chi connectivity index (χ1) is 11.8. The minimum Gasteiger partial charge on any atom is -0.354 e. The number of nitrogens with one attached hydrogen (secondary N) is 1. The van der Waals surface area contributed by atoms with Crippen LogP contribution in [0.15, 0.2) is 48.5 Å². The van der Waals surface area contributed by atoms with E-state index in [-0.39, 0.29) is 24.5 Å². The summed E-state index contributed by atoms with van der Waals surface area (Å²) in [6.45, 7) is -0.425. The topological polar surface area (TPSA) is 66.5 Å². The number of rotatable bonds is 7. The van der Waals surface area contributed by atoms with E-state index in [2.05, 4.69) is 5.32 Å². The van der Waals surface area contributed by atoms with Crippen molar-refractivity contribution >= 4 is 21.6 Å². The summed E-state index contributed by atoms with van der Waals surface area (Å²) >= 11 is 0. The van der Waals surface area contributed by atoms with Crippen LogP contribution in [0, 0.1) is 11.6 Å². The number of hydrogen-bond acceptors (Lipinski definition) is 3. The Labute approximate surface area is 145 Å². The van der Waals surface area contributed by atoms with E-state index >= 15 is 0 Å². The Balaban J connectivity index is 2.01. The van der Waals surface area contributed by atoms with E-state index in [0.29, 0.717) is 9.87 Å². The van der Waals surface area contributed by atoms with Crippen molar-refractivity contribution in [2.75, 3.05) is 23.7 Å². The summed E-state index contributed by atoms with van der Waals surface area (Å²) in [5.74, 6) is -1.72. The van der Waals surface area contributed by atoms with E-state index in [0.717, 1.165) is 12.3 Å². The second-order valence-corrected chi connectivity index (χ2v) is 7.32. The molecule has 0 aromatic heterocycles. The monoisotopic (exact) mass is 368 g/mol. The molecule has 0 saturated carbocycles. The van der Waals surface area contributed by atoms with Gasteiger partial charge in [0.05, 0.1) is 11.9 Å². The fourth-order valence-corrected chi connectivity index (χ4v) is 3.12. The highest BCUT2D eigenvalue weighted by Gasteiger charge is 2.23. The summed E-state index contributed by atoms with van der Waals surface area (Å²) in [6.07, 6.45) is 1.16. The predicted octanol–water partition coefficient (Wildman–Crippen LogP) is 2.09. The fourth-order valence-electron chi connectivity index (χ4n) is 2.26. The van der Waals surface area contributed by atoms with Crippen LogP contribution < -0.4 is 9.62 Å². The average Bonchev–Trinajstić information content (AvgIpc) is 2.54. The Hall–Kier alpha value is -2.48. The Morgan fingerprint density at radius 3 is 2.24 bits per heavy atom. The average molecular weight is 368 g/mol. The van der Waals surface area contributed by atoms with Crippen LogP contribution in [0.2, 0.25) is 0 Å². The van der Waals surface area contributed by atoms with Crippen molar-refractivity contribution in [3.05, 3.63) is 65.7 Å². The summed E-state index contributed by atoms with van der Waals surface area (Å²) in [5.41, 5.74) is 0.242. The van der Waals surface area contributed by atoms with Gasteiger partial charge in [-0.3, -0.25) is 9.10 Å². The van der Waals surface area contributed by atoms with Gasteiger partial charge in [0.25, 0.3) is 0 Å². The normalized spacial score (nSPS) is 11.2. The van der Waals surface area contributed by atoms with Gasteiger partial charge in [0.15, 0.2) is 0 Å². The highest BCUT2D eigenvalue weighted by molar-refractivity contribution is 7.92. The van der Waals surface area contributed by atoms with Crippen molar-refractivity contribution in [2.45, 2.75) is 6.42 Å². The summed E-state index contributed by atoms with van der Waals surface area (Å²) in [7, 11) is -3.85. The number of sulfonamides is 1. The van der Waals surface area contributed by atoms with Gasteiger partial charge in [-0.2, -0.15) is 0 Å². The first kappa shape index (κ1) is 18.9. The van der Waals surface area contributed by atoms with Gasteiger partial charge < -0.3 is 5.32 Å². The molecule has 0 bridgehead atoms. The lowest BCUT2D eigenvalue weighted by molar-refractivity contribution is -0.119. The molecule has 0 saturated heterocycles. The number of anilines is 1. The van der Waals surface area contributed by atoms with Crippen LogP contribution in [0.25, 0.3) is 0 Å². The summed E-state index contributed by atoms with van der Waals surface area (Å²) in [4.78, 5) is 12.0. The molecule has 2 aromatic carbocycles. The Morgan fingerprint density at radius 2 is 1.64 bits per heavy atom. The van der Waals surface area contributed by atoms with Crippen LogP contribution in [0.1, 0.15) is 5.56 Å². The van der Waals surface area contributed by atoms with E-state index in [1.54, 1.807) is 18.2 Å². The van der Waals surface area contributed by atoms with Gasteiger partial charge in [-0.25, -0.2) is 17.2 Å². The number of amides is 1. The lowest BCUT2D eigenvalue weighted by Crippen LogP contribution is -2.41. The van der Waals surface area contributed by atoms with Crippen LogP contribution in [0.4, 0.5) is 14.5 Å². The third-order valence-electron chi connectivity index (χ3n) is 3.48. The first-order valence-electron chi connectivity index (χ1n) is 7.51. The summed E-state index contributed by atoms with van der Waals surface area (Å²) < 4.78 is 51.8. The number of benzene rings is 2. The van der Waals surface area contributed by atoms with Crippen molar-refractivity contribution in [3.63, 3.8) is 0 Å². The zero-order valence-electron chi connectivity index (χ0n) is 13.6. The van der Waals surface area contributed by atoms with E-state index in [1.807, 2.05) is 0 Å². The molecule has 2 rings (SSSR count). The van der Waals surface area contributed by atoms with Crippen molar-refractivity contribution in [1.29, 1.82) is 0 Å². The highest BCUT2D eigenvalue weighted by Crippen LogP contribution is 2.20. The molecule has 134 valence electrons. The molecular weight excluding hydrogens is 350 g/mol. The number of halogens is 2. The second kappa shape index (κ2) is 8.06. The van der Waals surface area contributed by atoms with Crippen LogP contribution in [-0.2, 0) is 21.2 Å². The molecule has 0 aliphatic heterocycles. The fraction of sp³-hybridized carbons (Fsp3) is 0.235. The van der Waals surface area contributed by atoms with Gasteiger partial charge in [-0.15, -0.1) is 0 Å². The third kappa shape index (κ3) is 5.25. The Kier molecular flexibility index (Phi) is 6.08. The van der Waals surface area contributed by atoms with Gasteiger partial charge in [-0.05, 0) is 30.2 Å². The molecule has 0 aliphatic rings. The summed E-state index contributed by atoms with van der Waals surface area (Å²) in [6, 6.07) is 11.5. The SMILES string of the molecule is CS(=O)(=O)N(CC(=O)NCCc1ccccc1F)c1ccccc1F. The van der Waals surface area contributed by atoms with Crippen LogP contribution >= 0.6 is 0 Å². The van der Waals surface area contributed by atoms with Gasteiger partial charge >= 0.3 is 0 Å². The van der Waals surface area contributed by atoms with E-state index in [9.17, 15) is 22.0 Å². The van der Waals surface area contributed by atoms with Crippen LogP contribution in [0.3, 0.4) is 0 Å². The molecule has 1 amide bonds. The molecule has 0 spiro atoms. The Bertz CT molecular complexity index is 856. The molecule has 0 heterocycles. The number of nitrogens with zero attached hydrogens (tertiary/aromatic N) is 1. The van der Waals surface area contributed by atoms with Crippen molar-refractivity contribution < 1.29 is 22.0 Å². The maximum atomic E-state index is 13.9. The highest BCUT2D eigenvalue weighted by atomic mass is 32.2. The van der Waals surface area contributed by atoms with Gasteiger partial charge in [0.2, 0.25) is 15.9 Å². The molecule has 0 unspecified atom stereocenters. The lowest BCUT2D eigenvalue weighted by Gasteiger charge is -2.22.